The molecular weight excluding hydrogens is 180 g/mol. The van der Waals surface area contributed by atoms with Gasteiger partial charge in [0.2, 0.25) is 0 Å². The van der Waals surface area contributed by atoms with E-state index in [0.29, 0.717) is 0 Å². The highest BCUT2D eigenvalue weighted by atomic mass is 32.1. The maximum Gasteiger partial charge on any atom is 0.0449 e. The van der Waals surface area contributed by atoms with Crippen LogP contribution in [0.1, 0.15) is 18.4 Å². The lowest BCUT2D eigenvalue weighted by Gasteiger charge is -2.13. The lowest BCUT2D eigenvalue weighted by Crippen LogP contribution is -2.19. The zero-order valence-electron chi connectivity index (χ0n) is 7.46. The first-order valence-electron chi connectivity index (χ1n) is 4.47. The van der Waals surface area contributed by atoms with Crippen molar-refractivity contribution in [2.24, 2.45) is 5.73 Å². The van der Waals surface area contributed by atoms with Crippen LogP contribution in [0.15, 0.2) is 23.1 Å². The molecule has 1 fully saturated rings. The van der Waals surface area contributed by atoms with Crippen LogP contribution in [0.5, 0.6) is 0 Å². The average Bonchev–Trinajstić information content (AvgIpc) is 2.90. The third-order valence-electron chi connectivity index (χ3n) is 2.89. The molecule has 4 N–H and O–H groups in total. The summed E-state index contributed by atoms with van der Waals surface area (Å²) >= 11 is 4.30. The highest BCUT2D eigenvalue weighted by molar-refractivity contribution is 7.80. The molecule has 2 nitrogen and oxygen atoms in total. The van der Waals surface area contributed by atoms with Crippen LogP contribution in [-0.4, -0.2) is 6.54 Å². The number of nitrogens with two attached hydrogens (primary N) is 2. The minimum atomic E-state index is 0.241. The minimum absolute atomic E-state index is 0.241. The first kappa shape index (κ1) is 8.91. The number of benzene rings is 1. The summed E-state index contributed by atoms with van der Waals surface area (Å²) in [5.41, 5.74) is 13.7. The lowest BCUT2D eigenvalue weighted by molar-refractivity contribution is 0.703. The van der Waals surface area contributed by atoms with Crippen LogP contribution in [0.3, 0.4) is 0 Å². The Hall–Kier alpha value is -0.670. The number of nitrogen functional groups attached to an aromatic ring is 1. The quantitative estimate of drug-likeness (QED) is 0.494. The van der Waals surface area contributed by atoms with Gasteiger partial charge in [0.1, 0.15) is 0 Å². The molecule has 0 atom stereocenters. The Balaban J connectivity index is 2.37. The first-order chi connectivity index (χ1) is 6.18. The third kappa shape index (κ3) is 1.42. The number of rotatable bonds is 2. The molecule has 0 saturated heterocycles. The van der Waals surface area contributed by atoms with Gasteiger partial charge in [-0.25, -0.2) is 0 Å². The maximum atomic E-state index is 5.73. The van der Waals surface area contributed by atoms with Crippen molar-refractivity contribution in [3.63, 3.8) is 0 Å². The van der Waals surface area contributed by atoms with E-state index in [9.17, 15) is 0 Å². The molecule has 70 valence electrons. The van der Waals surface area contributed by atoms with Gasteiger partial charge in [0, 0.05) is 22.5 Å². The second kappa shape index (κ2) is 2.93. The van der Waals surface area contributed by atoms with Gasteiger partial charge in [0.05, 0.1) is 0 Å². The van der Waals surface area contributed by atoms with Gasteiger partial charge in [-0.05, 0) is 30.5 Å². The standard InChI is InChI=1S/C10H14N2S/c11-6-10(3-4-10)7-1-2-8(12)9(13)5-7/h1-2,5,13H,3-4,6,11-12H2. The molecule has 1 aliphatic carbocycles. The van der Waals surface area contributed by atoms with E-state index in [1.54, 1.807) is 0 Å². The summed E-state index contributed by atoms with van der Waals surface area (Å²) in [7, 11) is 0. The predicted octanol–water partition coefficient (Wildman–Crippen LogP) is 1.55. The summed E-state index contributed by atoms with van der Waals surface area (Å²) in [6.07, 6.45) is 2.39. The maximum absolute atomic E-state index is 5.73. The third-order valence-corrected chi connectivity index (χ3v) is 3.27. The van der Waals surface area contributed by atoms with Crippen molar-refractivity contribution in [3.8, 4) is 0 Å². The normalized spacial score (nSPS) is 18.6. The van der Waals surface area contributed by atoms with Crippen molar-refractivity contribution in [2.75, 3.05) is 12.3 Å². The van der Waals surface area contributed by atoms with Crippen LogP contribution in [0.25, 0.3) is 0 Å². The van der Waals surface area contributed by atoms with E-state index in [0.717, 1.165) is 17.1 Å². The highest BCUT2D eigenvalue weighted by Gasteiger charge is 2.42. The Morgan fingerprint density at radius 3 is 2.54 bits per heavy atom. The van der Waals surface area contributed by atoms with Crippen LogP contribution < -0.4 is 11.5 Å². The summed E-state index contributed by atoms with van der Waals surface area (Å²) < 4.78 is 0. The summed E-state index contributed by atoms with van der Waals surface area (Å²) in [4.78, 5) is 0.859. The van der Waals surface area contributed by atoms with Crippen molar-refractivity contribution in [3.05, 3.63) is 23.8 Å². The molecule has 3 heteroatoms. The Bertz CT molecular complexity index is 332. The number of anilines is 1. The molecule has 0 bridgehead atoms. The topological polar surface area (TPSA) is 52.0 Å². The summed E-state index contributed by atoms with van der Waals surface area (Å²) in [5.74, 6) is 0. The van der Waals surface area contributed by atoms with Gasteiger partial charge < -0.3 is 11.5 Å². The van der Waals surface area contributed by atoms with Gasteiger partial charge in [-0.15, -0.1) is 12.6 Å². The Morgan fingerprint density at radius 2 is 2.08 bits per heavy atom. The van der Waals surface area contributed by atoms with Gasteiger partial charge in [-0.3, -0.25) is 0 Å². The highest BCUT2D eigenvalue weighted by Crippen LogP contribution is 2.47. The van der Waals surface area contributed by atoms with Gasteiger partial charge in [0.15, 0.2) is 0 Å². The molecule has 2 rings (SSSR count). The molecule has 0 spiro atoms. The zero-order chi connectivity index (χ0) is 9.47. The largest absolute Gasteiger partial charge is 0.398 e. The molecule has 1 saturated carbocycles. The second-order valence-corrected chi connectivity index (χ2v) is 4.24. The summed E-state index contributed by atoms with van der Waals surface area (Å²) in [6.45, 7) is 0.726. The van der Waals surface area contributed by atoms with Crippen molar-refractivity contribution in [2.45, 2.75) is 23.2 Å². The molecule has 0 radical (unpaired) electrons. The van der Waals surface area contributed by atoms with E-state index >= 15 is 0 Å². The van der Waals surface area contributed by atoms with E-state index in [1.807, 2.05) is 12.1 Å². The molecular formula is C10H14N2S. The molecule has 0 aromatic heterocycles. The van der Waals surface area contributed by atoms with Gasteiger partial charge >= 0.3 is 0 Å². The fourth-order valence-electron chi connectivity index (χ4n) is 1.64. The van der Waals surface area contributed by atoms with Crippen molar-refractivity contribution >= 4 is 18.3 Å². The predicted molar refractivity (Wildman–Crippen MR) is 58.1 cm³/mol. The lowest BCUT2D eigenvalue weighted by atomic mass is 9.96. The SMILES string of the molecule is NCC1(c2ccc(N)c(S)c2)CC1. The molecule has 13 heavy (non-hydrogen) atoms. The van der Waals surface area contributed by atoms with Crippen LogP contribution in [-0.2, 0) is 5.41 Å². The van der Waals surface area contributed by atoms with E-state index in [1.165, 1.54) is 18.4 Å². The molecule has 0 unspecified atom stereocenters. The fourth-order valence-corrected chi connectivity index (χ4v) is 1.85. The molecule has 1 aliphatic rings. The van der Waals surface area contributed by atoms with E-state index < -0.39 is 0 Å². The first-order valence-corrected chi connectivity index (χ1v) is 4.92. The molecule has 1 aromatic rings. The van der Waals surface area contributed by atoms with Gasteiger partial charge in [0.25, 0.3) is 0 Å². The van der Waals surface area contributed by atoms with Crippen LogP contribution in [0, 0.1) is 0 Å². The average molecular weight is 194 g/mol. The number of hydrogen-bond donors (Lipinski definition) is 3. The van der Waals surface area contributed by atoms with E-state index in [-0.39, 0.29) is 5.41 Å². The molecule has 0 amide bonds. The monoisotopic (exact) mass is 194 g/mol. The number of thiol groups is 1. The molecule has 0 heterocycles. The van der Waals surface area contributed by atoms with E-state index in [4.69, 9.17) is 11.5 Å². The molecule has 1 aromatic carbocycles. The van der Waals surface area contributed by atoms with Gasteiger partial charge in [-0.1, -0.05) is 6.07 Å². The Kier molecular flexibility index (Phi) is 2.00. The Morgan fingerprint density at radius 1 is 1.38 bits per heavy atom. The van der Waals surface area contributed by atoms with Crippen LogP contribution >= 0.6 is 12.6 Å². The van der Waals surface area contributed by atoms with Crippen LogP contribution in [0.4, 0.5) is 5.69 Å². The second-order valence-electron chi connectivity index (χ2n) is 3.76. The van der Waals surface area contributed by atoms with E-state index in [2.05, 4.69) is 18.7 Å². The Labute approximate surface area is 83.7 Å². The van der Waals surface area contributed by atoms with Crippen molar-refractivity contribution in [1.29, 1.82) is 0 Å². The van der Waals surface area contributed by atoms with Crippen LogP contribution in [0.2, 0.25) is 0 Å². The minimum Gasteiger partial charge on any atom is -0.398 e. The fraction of sp³-hybridized carbons (Fsp3) is 0.400. The molecule has 0 aliphatic heterocycles. The van der Waals surface area contributed by atoms with Gasteiger partial charge in [-0.2, -0.15) is 0 Å². The van der Waals surface area contributed by atoms with Crippen molar-refractivity contribution in [1.82, 2.24) is 0 Å². The number of hydrogen-bond acceptors (Lipinski definition) is 3. The zero-order valence-corrected chi connectivity index (χ0v) is 8.35. The summed E-state index contributed by atoms with van der Waals surface area (Å²) in [6, 6.07) is 6.01. The van der Waals surface area contributed by atoms with Crippen molar-refractivity contribution < 1.29 is 0 Å². The smallest absolute Gasteiger partial charge is 0.0449 e. The summed E-state index contributed by atoms with van der Waals surface area (Å²) in [5, 5.41) is 0.